The Bertz CT molecular complexity index is 246. The molecule has 0 unspecified atom stereocenters. The Hall–Kier alpha value is -1.06. The van der Waals surface area contributed by atoms with Crippen LogP contribution in [0.4, 0.5) is 0 Å². The summed E-state index contributed by atoms with van der Waals surface area (Å²) in [6.07, 6.45) is 0.981. The molecule has 0 heterocycles. The summed E-state index contributed by atoms with van der Waals surface area (Å²) in [6, 6.07) is 0. The summed E-state index contributed by atoms with van der Waals surface area (Å²) in [5.41, 5.74) is 0. The van der Waals surface area contributed by atoms with Gasteiger partial charge < -0.3 is 9.84 Å². The highest BCUT2D eigenvalue weighted by atomic mass is 16.5. The molecular formula is C13H24O4. The number of carboxylic acids is 1. The number of hydrogen-bond donors (Lipinski definition) is 1. The minimum atomic E-state index is -0.854. The molecule has 0 rings (SSSR count). The minimum absolute atomic E-state index is 0.0367. The normalized spacial score (nSPS) is 12.8. The molecule has 0 aliphatic carbocycles. The van der Waals surface area contributed by atoms with Gasteiger partial charge in [0, 0.05) is 12.8 Å². The van der Waals surface area contributed by atoms with Crippen LogP contribution >= 0.6 is 0 Å². The van der Waals surface area contributed by atoms with Gasteiger partial charge in [-0.05, 0) is 24.2 Å². The Balaban J connectivity index is 4.12. The Morgan fingerprint density at radius 3 is 2.06 bits per heavy atom. The molecule has 4 nitrogen and oxygen atoms in total. The van der Waals surface area contributed by atoms with E-state index in [-0.39, 0.29) is 24.7 Å². The highest BCUT2D eigenvalue weighted by molar-refractivity contribution is 5.72. The molecule has 0 aliphatic rings. The second kappa shape index (κ2) is 8.09. The van der Waals surface area contributed by atoms with E-state index in [1.54, 1.807) is 0 Å². The van der Waals surface area contributed by atoms with Crippen LogP contribution in [0.2, 0.25) is 0 Å². The zero-order valence-corrected chi connectivity index (χ0v) is 11.2. The van der Waals surface area contributed by atoms with Gasteiger partial charge in [-0.1, -0.05) is 27.7 Å². The Labute approximate surface area is 103 Å². The van der Waals surface area contributed by atoms with Gasteiger partial charge in [-0.2, -0.15) is 0 Å². The highest BCUT2D eigenvalue weighted by Gasteiger charge is 2.19. The van der Waals surface area contributed by atoms with Gasteiger partial charge in [-0.3, -0.25) is 9.59 Å². The maximum Gasteiger partial charge on any atom is 0.306 e. The molecule has 0 aliphatic heterocycles. The average Bonchev–Trinajstić information content (AvgIpc) is 2.12. The maximum absolute atomic E-state index is 11.5. The standard InChI is InChI=1S/C13H24O4/c1-9(2)5-11(6-12(14)15)7-13(16)17-8-10(3)4/h9-11H,5-8H2,1-4H3,(H,14,15)/t11-/m0/s1. The maximum atomic E-state index is 11.5. The summed E-state index contributed by atoms with van der Waals surface area (Å²) in [6.45, 7) is 8.38. The lowest BCUT2D eigenvalue weighted by atomic mass is 9.91. The van der Waals surface area contributed by atoms with Gasteiger partial charge >= 0.3 is 11.9 Å². The van der Waals surface area contributed by atoms with E-state index in [9.17, 15) is 9.59 Å². The van der Waals surface area contributed by atoms with E-state index in [0.29, 0.717) is 18.4 Å². The van der Waals surface area contributed by atoms with E-state index in [1.807, 2.05) is 27.7 Å². The van der Waals surface area contributed by atoms with Gasteiger partial charge in [0.15, 0.2) is 0 Å². The zero-order valence-electron chi connectivity index (χ0n) is 11.2. The molecule has 17 heavy (non-hydrogen) atoms. The van der Waals surface area contributed by atoms with Gasteiger partial charge in [0.1, 0.15) is 0 Å². The van der Waals surface area contributed by atoms with Crippen molar-refractivity contribution in [2.75, 3.05) is 6.61 Å². The van der Waals surface area contributed by atoms with Crippen molar-refractivity contribution in [3.05, 3.63) is 0 Å². The monoisotopic (exact) mass is 244 g/mol. The first-order valence-electron chi connectivity index (χ1n) is 6.18. The molecule has 0 saturated heterocycles. The number of esters is 1. The van der Waals surface area contributed by atoms with Crippen molar-refractivity contribution in [2.45, 2.75) is 47.0 Å². The molecule has 1 atom stereocenters. The second-order valence-electron chi connectivity index (χ2n) is 5.37. The van der Waals surface area contributed by atoms with Crippen LogP contribution in [-0.4, -0.2) is 23.7 Å². The lowest BCUT2D eigenvalue weighted by Crippen LogP contribution is -2.18. The van der Waals surface area contributed by atoms with Gasteiger partial charge in [0.05, 0.1) is 6.61 Å². The molecule has 0 radical (unpaired) electrons. The molecule has 100 valence electrons. The minimum Gasteiger partial charge on any atom is -0.481 e. The fourth-order valence-electron chi connectivity index (χ4n) is 1.71. The Kier molecular flexibility index (Phi) is 7.59. The van der Waals surface area contributed by atoms with E-state index in [2.05, 4.69) is 0 Å². The largest absolute Gasteiger partial charge is 0.481 e. The molecule has 0 amide bonds. The number of rotatable bonds is 8. The third-order valence-corrected chi connectivity index (χ3v) is 2.30. The first-order valence-corrected chi connectivity index (χ1v) is 6.18. The number of carbonyl (C=O) groups excluding carboxylic acids is 1. The van der Waals surface area contributed by atoms with Crippen molar-refractivity contribution in [1.29, 1.82) is 0 Å². The van der Waals surface area contributed by atoms with Gasteiger partial charge in [-0.25, -0.2) is 0 Å². The Morgan fingerprint density at radius 1 is 1.06 bits per heavy atom. The Morgan fingerprint density at radius 2 is 1.65 bits per heavy atom. The van der Waals surface area contributed by atoms with E-state index in [1.165, 1.54) is 0 Å². The van der Waals surface area contributed by atoms with Crippen LogP contribution in [0.5, 0.6) is 0 Å². The lowest BCUT2D eigenvalue weighted by Gasteiger charge is -2.16. The molecule has 0 saturated carbocycles. The van der Waals surface area contributed by atoms with Crippen LogP contribution in [0.25, 0.3) is 0 Å². The highest BCUT2D eigenvalue weighted by Crippen LogP contribution is 2.20. The smallest absolute Gasteiger partial charge is 0.306 e. The summed E-state index contributed by atoms with van der Waals surface area (Å²) in [5.74, 6) is -0.565. The number of hydrogen-bond acceptors (Lipinski definition) is 3. The van der Waals surface area contributed by atoms with Crippen LogP contribution in [0.1, 0.15) is 47.0 Å². The summed E-state index contributed by atoms with van der Waals surface area (Å²) >= 11 is 0. The van der Waals surface area contributed by atoms with E-state index in [4.69, 9.17) is 9.84 Å². The van der Waals surface area contributed by atoms with Crippen molar-refractivity contribution in [3.63, 3.8) is 0 Å². The molecular weight excluding hydrogens is 220 g/mol. The molecule has 0 spiro atoms. The van der Waals surface area contributed by atoms with Crippen LogP contribution in [-0.2, 0) is 14.3 Å². The SMILES string of the molecule is CC(C)COC(=O)C[C@H](CC(=O)O)CC(C)C. The van der Waals surface area contributed by atoms with E-state index < -0.39 is 5.97 Å². The summed E-state index contributed by atoms with van der Waals surface area (Å²) in [7, 11) is 0. The van der Waals surface area contributed by atoms with Gasteiger partial charge in [0.2, 0.25) is 0 Å². The zero-order chi connectivity index (χ0) is 13.4. The van der Waals surface area contributed by atoms with Crippen molar-refractivity contribution in [3.8, 4) is 0 Å². The van der Waals surface area contributed by atoms with Gasteiger partial charge in [-0.15, -0.1) is 0 Å². The third kappa shape index (κ3) is 9.85. The summed E-state index contributed by atoms with van der Waals surface area (Å²) < 4.78 is 5.07. The topological polar surface area (TPSA) is 63.6 Å². The van der Waals surface area contributed by atoms with Crippen LogP contribution in [0, 0.1) is 17.8 Å². The van der Waals surface area contributed by atoms with Crippen LogP contribution in [0.15, 0.2) is 0 Å². The first kappa shape index (κ1) is 15.9. The lowest BCUT2D eigenvalue weighted by molar-refractivity contribution is -0.146. The van der Waals surface area contributed by atoms with Crippen molar-refractivity contribution in [1.82, 2.24) is 0 Å². The summed E-state index contributed by atoms with van der Waals surface area (Å²) in [5, 5.41) is 8.78. The van der Waals surface area contributed by atoms with Crippen LogP contribution < -0.4 is 0 Å². The average molecular weight is 244 g/mol. The number of ether oxygens (including phenoxy) is 1. The predicted octanol–water partition coefficient (Wildman–Crippen LogP) is 2.71. The molecule has 0 aromatic carbocycles. The molecule has 1 N–H and O–H groups in total. The van der Waals surface area contributed by atoms with E-state index >= 15 is 0 Å². The molecule has 0 aromatic heterocycles. The van der Waals surface area contributed by atoms with Gasteiger partial charge in [0.25, 0.3) is 0 Å². The third-order valence-electron chi connectivity index (χ3n) is 2.30. The number of aliphatic carboxylic acids is 1. The van der Waals surface area contributed by atoms with E-state index in [0.717, 1.165) is 6.42 Å². The second-order valence-corrected chi connectivity index (χ2v) is 5.37. The fraction of sp³-hybridized carbons (Fsp3) is 0.846. The number of carbonyl (C=O) groups is 2. The molecule has 0 fully saturated rings. The molecule has 0 bridgehead atoms. The van der Waals surface area contributed by atoms with Crippen molar-refractivity contribution >= 4 is 11.9 Å². The van der Waals surface area contributed by atoms with Crippen molar-refractivity contribution < 1.29 is 19.4 Å². The number of carboxylic acid groups (broad SMARTS) is 1. The predicted molar refractivity (Wildman–Crippen MR) is 65.6 cm³/mol. The molecule has 0 aromatic rings. The van der Waals surface area contributed by atoms with Crippen molar-refractivity contribution in [2.24, 2.45) is 17.8 Å². The summed E-state index contributed by atoms with van der Waals surface area (Å²) in [4.78, 5) is 22.2. The first-order chi connectivity index (χ1) is 7.81. The quantitative estimate of drug-likeness (QED) is 0.667. The van der Waals surface area contributed by atoms with Crippen LogP contribution in [0.3, 0.4) is 0 Å². The fourth-order valence-corrected chi connectivity index (χ4v) is 1.71. The molecule has 4 heteroatoms.